The smallest absolute Gasteiger partial charge is 0.328 e. The van der Waals surface area contributed by atoms with Gasteiger partial charge in [0.1, 0.15) is 6.04 Å². The first-order chi connectivity index (χ1) is 16.1. The van der Waals surface area contributed by atoms with Crippen LogP contribution in [-0.4, -0.2) is 78.6 Å². The highest BCUT2D eigenvalue weighted by atomic mass is 16.6. The van der Waals surface area contributed by atoms with Crippen molar-refractivity contribution in [2.45, 2.75) is 51.4 Å². The maximum absolute atomic E-state index is 13.2. The average molecular weight is 473 g/mol. The van der Waals surface area contributed by atoms with Crippen LogP contribution < -0.4 is 5.32 Å². The highest BCUT2D eigenvalue weighted by molar-refractivity contribution is 6.26. The molecule has 2 aromatic rings. The summed E-state index contributed by atoms with van der Waals surface area (Å²) < 4.78 is 10.7. The lowest BCUT2D eigenvalue weighted by Crippen LogP contribution is -2.49. The van der Waals surface area contributed by atoms with Gasteiger partial charge in [-0.1, -0.05) is 18.2 Å². The third-order valence-corrected chi connectivity index (χ3v) is 4.88. The van der Waals surface area contributed by atoms with E-state index in [1.807, 2.05) is 24.3 Å². The molecule has 1 heterocycles. The molecule has 1 aromatic carbocycles. The van der Waals surface area contributed by atoms with E-state index < -0.39 is 41.9 Å². The van der Waals surface area contributed by atoms with Gasteiger partial charge in [0, 0.05) is 29.9 Å². The molecule has 1 aromatic heterocycles. The Kier molecular flexibility index (Phi) is 9.93. The summed E-state index contributed by atoms with van der Waals surface area (Å²) in [6.07, 6.45) is 0.699. The molecule has 2 rings (SSSR count). The predicted octanol–water partition coefficient (Wildman–Crippen LogP) is 1.62. The molecule has 10 nitrogen and oxygen atoms in total. The van der Waals surface area contributed by atoms with Gasteiger partial charge in [0.15, 0.2) is 11.9 Å². The van der Waals surface area contributed by atoms with Crippen molar-refractivity contribution in [1.82, 2.24) is 15.2 Å². The summed E-state index contributed by atoms with van der Waals surface area (Å²) in [5, 5.41) is 10.5. The van der Waals surface area contributed by atoms with E-state index in [9.17, 15) is 19.2 Å². The molecule has 184 valence electrons. The van der Waals surface area contributed by atoms with Crippen LogP contribution in [0.25, 0.3) is 10.9 Å². The van der Waals surface area contributed by atoms with Crippen LogP contribution in [0.5, 0.6) is 0 Å². The molecule has 0 saturated heterocycles. The van der Waals surface area contributed by atoms with E-state index in [2.05, 4.69) is 10.3 Å². The number of carbonyl (C=O) groups is 4. The van der Waals surface area contributed by atoms with Gasteiger partial charge in [0.2, 0.25) is 0 Å². The number of H-pyrrole nitrogens is 1. The fraction of sp³-hybridized carbons (Fsp3) is 0.458. The minimum absolute atomic E-state index is 0.0235. The van der Waals surface area contributed by atoms with Crippen LogP contribution >= 0.6 is 0 Å². The number of rotatable bonds is 13. The normalized spacial score (nSPS) is 12.9. The molecule has 10 heteroatoms. The molecule has 0 aliphatic carbocycles. The van der Waals surface area contributed by atoms with Crippen LogP contribution in [0.1, 0.15) is 32.3 Å². The number of ether oxygens (including phenoxy) is 2. The quantitative estimate of drug-likeness (QED) is 0.297. The molecule has 2 atom stereocenters. The summed E-state index contributed by atoms with van der Waals surface area (Å²) in [6, 6.07) is 6.40. The first kappa shape index (κ1) is 26.7. The number of benzene rings is 1. The maximum Gasteiger partial charge on any atom is 0.328 e. The van der Waals surface area contributed by atoms with Gasteiger partial charge in [-0.3, -0.25) is 19.3 Å². The third kappa shape index (κ3) is 8.11. The van der Waals surface area contributed by atoms with E-state index >= 15 is 0 Å². The largest absolute Gasteiger partial charge is 0.461 e. The SMILES string of the molecule is CC(C)OC(=O)[C@H](CCC(=O)C=N)NC(=O)C(Cc1c[nH]c2ccccc12)OC(=O)CN(C)C. The van der Waals surface area contributed by atoms with Crippen molar-refractivity contribution < 1.29 is 28.7 Å². The summed E-state index contributed by atoms with van der Waals surface area (Å²) in [6.45, 7) is 3.31. The number of hydrogen-bond donors (Lipinski definition) is 3. The Morgan fingerprint density at radius 1 is 1.15 bits per heavy atom. The zero-order valence-corrected chi connectivity index (χ0v) is 19.9. The molecular weight excluding hydrogens is 440 g/mol. The Hall–Kier alpha value is -3.53. The molecule has 0 aliphatic rings. The van der Waals surface area contributed by atoms with E-state index in [1.54, 1.807) is 39.0 Å². The summed E-state index contributed by atoms with van der Waals surface area (Å²) >= 11 is 0. The Labute approximate surface area is 198 Å². The van der Waals surface area contributed by atoms with E-state index in [1.165, 1.54) is 0 Å². The van der Waals surface area contributed by atoms with Crippen molar-refractivity contribution in [3.05, 3.63) is 36.0 Å². The molecule has 0 bridgehead atoms. The number of esters is 2. The highest BCUT2D eigenvalue weighted by Gasteiger charge is 2.30. The topological polar surface area (TPSA) is 142 Å². The van der Waals surface area contributed by atoms with E-state index in [-0.39, 0.29) is 25.8 Å². The third-order valence-electron chi connectivity index (χ3n) is 4.88. The number of nitrogens with one attached hydrogen (secondary N) is 3. The minimum Gasteiger partial charge on any atom is -0.461 e. The van der Waals surface area contributed by atoms with Crippen LogP contribution in [0.2, 0.25) is 0 Å². The number of fused-ring (bicyclic) bond motifs is 1. The molecule has 0 radical (unpaired) electrons. The maximum atomic E-state index is 13.2. The lowest BCUT2D eigenvalue weighted by Gasteiger charge is -2.23. The Morgan fingerprint density at radius 3 is 2.50 bits per heavy atom. The predicted molar refractivity (Wildman–Crippen MR) is 127 cm³/mol. The number of amides is 1. The Morgan fingerprint density at radius 2 is 1.85 bits per heavy atom. The Bertz CT molecular complexity index is 1030. The second-order valence-corrected chi connectivity index (χ2v) is 8.48. The first-order valence-corrected chi connectivity index (χ1v) is 11.0. The van der Waals surface area contributed by atoms with Gasteiger partial charge in [-0.15, -0.1) is 0 Å². The van der Waals surface area contributed by atoms with Crippen LogP contribution in [0.4, 0.5) is 0 Å². The molecule has 3 N–H and O–H groups in total. The number of aromatic amines is 1. The lowest BCUT2D eigenvalue weighted by atomic mass is 10.0. The fourth-order valence-electron chi connectivity index (χ4n) is 3.33. The average Bonchev–Trinajstić information content (AvgIpc) is 3.17. The van der Waals surface area contributed by atoms with Gasteiger partial charge in [0.25, 0.3) is 5.91 Å². The summed E-state index contributed by atoms with van der Waals surface area (Å²) in [5.74, 6) is -2.45. The molecule has 0 spiro atoms. The van der Waals surface area contributed by atoms with Crippen molar-refractivity contribution in [1.29, 1.82) is 5.41 Å². The number of carbonyl (C=O) groups excluding carboxylic acids is 4. The molecule has 1 unspecified atom stereocenters. The second-order valence-electron chi connectivity index (χ2n) is 8.48. The number of aromatic nitrogens is 1. The molecule has 34 heavy (non-hydrogen) atoms. The lowest BCUT2D eigenvalue weighted by molar-refractivity contribution is -0.158. The minimum atomic E-state index is -1.21. The zero-order valence-electron chi connectivity index (χ0n) is 19.9. The van der Waals surface area contributed by atoms with E-state index in [0.29, 0.717) is 6.21 Å². The second kappa shape index (κ2) is 12.6. The van der Waals surface area contributed by atoms with Gasteiger partial charge in [-0.25, -0.2) is 4.79 Å². The summed E-state index contributed by atoms with van der Waals surface area (Å²) in [4.78, 5) is 54.4. The van der Waals surface area contributed by atoms with E-state index in [0.717, 1.165) is 16.5 Å². The monoisotopic (exact) mass is 472 g/mol. The summed E-state index contributed by atoms with van der Waals surface area (Å²) in [5.41, 5.74) is 1.65. The molecule has 1 amide bonds. The van der Waals surface area contributed by atoms with Crippen molar-refractivity contribution >= 4 is 40.7 Å². The number of Topliss-reactive ketones (excluding diaryl/α,β-unsaturated/α-hetero) is 1. The van der Waals surface area contributed by atoms with Crippen LogP contribution in [0.15, 0.2) is 30.5 Å². The fourth-order valence-corrected chi connectivity index (χ4v) is 3.33. The van der Waals surface area contributed by atoms with Crippen molar-refractivity contribution in [3.8, 4) is 0 Å². The molecule has 0 fully saturated rings. The van der Waals surface area contributed by atoms with Gasteiger partial charge < -0.3 is 25.2 Å². The van der Waals surface area contributed by atoms with Gasteiger partial charge in [-0.05, 0) is 46.0 Å². The number of likely N-dealkylation sites (N-methyl/N-ethyl adjacent to an activating group) is 1. The van der Waals surface area contributed by atoms with E-state index in [4.69, 9.17) is 14.9 Å². The van der Waals surface area contributed by atoms with Gasteiger partial charge >= 0.3 is 11.9 Å². The van der Waals surface area contributed by atoms with Crippen LogP contribution in [-0.2, 0) is 35.1 Å². The van der Waals surface area contributed by atoms with Crippen LogP contribution in [0.3, 0.4) is 0 Å². The molecule has 0 aliphatic heterocycles. The van der Waals surface area contributed by atoms with Gasteiger partial charge in [0.05, 0.1) is 18.9 Å². The number of hydrogen-bond acceptors (Lipinski definition) is 8. The van der Waals surface area contributed by atoms with Crippen molar-refractivity contribution in [2.24, 2.45) is 0 Å². The van der Waals surface area contributed by atoms with Gasteiger partial charge in [-0.2, -0.15) is 0 Å². The van der Waals surface area contributed by atoms with Crippen molar-refractivity contribution in [2.75, 3.05) is 20.6 Å². The molecule has 0 saturated carbocycles. The standard InChI is InChI=1S/C24H32N4O6/c1-15(2)33-24(32)20(10-9-17(29)12-25)27-23(31)21(34-22(30)14-28(3)4)11-16-13-26-19-8-6-5-7-18(16)19/h5-8,12-13,15,20-21,25-26H,9-11,14H2,1-4H3,(H,27,31)/t20-,21?/m0/s1. The van der Waals surface area contributed by atoms with Crippen LogP contribution in [0, 0.1) is 5.41 Å². The zero-order chi connectivity index (χ0) is 25.3. The van der Waals surface area contributed by atoms with Crippen molar-refractivity contribution in [3.63, 3.8) is 0 Å². The summed E-state index contributed by atoms with van der Waals surface area (Å²) in [7, 11) is 3.41. The first-order valence-electron chi connectivity index (χ1n) is 11.0. The molecular formula is C24H32N4O6. The Balaban J connectivity index is 2.25. The number of para-hydroxylation sites is 1. The number of nitrogens with zero attached hydrogens (tertiary/aromatic N) is 1. The highest BCUT2D eigenvalue weighted by Crippen LogP contribution is 2.20. The number of ketones is 1.